The van der Waals surface area contributed by atoms with Crippen molar-refractivity contribution < 1.29 is 5.11 Å². The van der Waals surface area contributed by atoms with E-state index in [0.717, 1.165) is 0 Å². The average molecular weight is 287 g/mol. The summed E-state index contributed by atoms with van der Waals surface area (Å²) in [6.45, 7) is -2.01. The zero-order valence-corrected chi connectivity index (χ0v) is 10.5. The van der Waals surface area contributed by atoms with Crippen LogP contribution in [0.25, 0.3) is 0 Å². The first-order chi connectivity index (χ1) is 9.58. The van der Waals surface area contributed by atoms with Crippen LogP contribution in [0.2, 0.25) is 0 Å². The van der Waals surface area contributed by atoms with Crippen molar-refractivity contribution in [3.05, 3.63) is 41.3 Å². The van der Waals surface area contributed by atoms with E-state index in [1.54, 1.807) is 0 Å². The number of aliphatic hydroxyl groups excluding tert-OH is 1. The molecule has 0 saturated heterocycles. The van der Waals surface area contributed by atoms with E-state index >= 15 is 0 Å². The van der Waals surface area contributed by atoms with E-state index in [9.17, 15) is 24.2 Å². The maximum Gasteiger partial charge on any atom is 0.336 e. The van der Waals surface area contributed by atoms with E-state index < -0.39 is 23.7 Å². The monoisotopic (exact) mass is 287 g/mol. The van der Waals surface area contributed by atoms with Crippen molar-refractivity contribution >= 4 is 0 Å². The summed E-state index contributed by atoms with van der Waals surface area (Å²) in [4.78, 5) is 55.9. The van der Waals surface area contributed by atoms with E-state index in [0.29, 0.717) is 13.7 Å². The highest BCUT2D eigenvalue weighted by Gasteiger charge is 2.14. The molecule has 1 heterocycles. The molecule has 0 atom stereocenters. The lowest BCUT2D eigenvalue weighted by molar-refractivity contribution is 0.264. The molecule has 0 aliphatic rings. The quantitative estimate of drug-likeness (QED) is 0.532. The van der Waals surface area contributed by atoms with Crippen molar-refractivity contribution in [3.63, 3.8) is 0 Å². The summed E-state index contributed by atoms with van der Waals surface area (Å²) < 4.78 is 1.96. The number of nitrogens with zero attached hydrogens (tertiary/aromatic N) is 5. The molecule has 0 amide bonds. The first-order valence-corrected chi connectivity index (χ1v) is 5.72. The number of rotatable bonds is 8. The Bertz CT molecular complexity index is 606. The highest BCUT2D eigenvalue weighted by atomic mass is 16.3. The van der Waals surface area contributed by atoms with Gasteiger partial charge >= 0.3 is 17.1 Å². The van der Waals surface area contributed by atoms with Crippen molar-refractivity contribution in [2.75, 3.05) is 19.7 Å². The molecule has 1 aromatic heterocycles. The summed E-state index contributed by atoms with van der Waals surface area (Å²) in [5, 5.41) is 13.9. The minimum Gasteiger partial charge on any atom is -0.395 e. The van der Waals surface area contributed by atoms with E-state index in [-0.39, 0.29) is 32.7 Å². The highest BCUT2D eigenvalue weighted by molar-refractivity contribution is 4.79. The van der Waals surface area contributed by atoms with Crippen molar-refractivity contribution in [1.82, 2.24) is 13.7 Å². The second-order valence-corrected chi connectivity index (χ2v) is 3.73. The molecule has 0 unspecified atom stereocenters. The Morgan fingerprint density at radius 3 is 1.40 bits per heavy atom. The summed E-state index contributed by atoms with van der Waals surface area (Å²) in [6, 6.07) is 0. The second-order valence-electron chi connectivity index (χ2n) is 3.73. The molecule has 20 heavy (non-hydrogen) atoms. The van der Waals surface area contributed by atoms with E-state index in [4.69, 9.17) is 5.11 Å². The molecule has 1 rings (SSSR count). The summed E-state index contributed by atoms with van der Waals surface area (Å²) >= 11 is 0. The summed E-state index contributed by atoms with van der Waals surface area (Å²) in [5.41, 5.74) is -2.82. The number of aromatic nitrogens is 3. The SMILES string of the molecule is O=NCCn1c(=O)n(CCO)c(=O)n(CCN=O)c1=O. The molecule has 11 heteroatoms. The van der Waals surface area contributed by atoms with Crippen LogP contribution in [-0.2, 0) is 19.6 Å². The van der Waals surface area contributed by atoms with Crippen LogP contribution in [0.15, 0.2) is 24.7 Å². The lowest BCUT2D eigenvalue weighted by Crippen LogP contribution is -2.55. The average Bonchev–Trinajstić information content (AvgIpc) is 2.43. The van der Waals surface area contributed by atoms with Crippen molar-refractivity contribution in [2.45, 2.75) is 19.6 Å². The van der Waals surface area contributed by atoms with Gasteiger partial charge in [-0.25, -0.2) is 28.1 Å². The number of nitroso groups, excluding NO2 is 2. The van der Waals surface area contributed by atoms with Crippen LogP contribution in [0, 0.1) is 9.81 Å². The Balaban J connectivity index is 3.50. The number of hydrogen-bond acceptors (Lipinski definition) is 8. The van der Waals surface area contributed by atoms with Gasteiger partial charge in [-0.1, -0.05) is 10.4 Å². The Morgan fingerprint density at radius 1 is 0.750 bits per heavy atom. The van der Waals surface area contributed by atoms with Gasteiger partial charge in [0.25, 0.3) is 0 Å². The second kappa shape index (κ2) is 7.23. The summed E-state index contributed by atoms with van der Waals surface area (Å²) in [6.07, 6.45) is 0. The topological polar surface area (TPSA) is 145 Å². The van der Waals surface area contributed by atoms with Crippen LogP contribution in [0.5, 0.6) is 0 Å². The van der Waals surface area contributed by atoms with Gasteiger partial charge in [0.05, 0.1) is 39.3 Å². The lowest BCUT2D eigenvalue weighted by atomic mass is 10.5. The predicted molar refractivity (Wildman–Crippen MR) is 67.6 cm³/mol. The Morgan fingerprint density at radius 2 is 1.10 bits per heavy atom. The molecule has 0 aliphatic carbocycles. The third-order valence-electron chi connectivity index (χ3n) is 2.54. The van der Waals surface area contributed by atoms with Crippen molar-refractivity contribution in [3.8, 4) is 0 Å². The maximum absolute atomic E-state index is 11.9. The minimum absolute atomic E-state index is 0.290. The lowest BCUT2D eigenvalue weighted by Gasteiger charge is -2.11. The predicted octanol–water partition coefficient (Wildman–Crippen LogP) is -2.30. The fourth-order valence-corrected chi connectivity index (χ4v) is 1.64. The van der Waals surface area contributed by atoms with Gasteiger partial charge in [-0.15, -0.1) is 0 Å². The summed E-state index contributed by atoms with van der Waals surface area (Å²) in [5.74, 6) is 0. The first-order valence-electron chi connectivity index (χ1n) is 5.72. The molecular formula is C9H13N5O6. The molecule has 0 aromatic carbocycles. The van der Waals surface area contributed by atoms with Crippen molar-refractivity contribution in [1.29, 1.82) is 0 Å². The molecule has 0 radical (unpaired) electrons. The molecule has 0 spiro atoms. The van der Waals surface area contributed by atoms with Gasteiger partial charge < -0.3 is 5.11 Å². The maximum atomic E-state index is 11.9. The molecule has 110 valence electrons. The van der Waals surface area contributed by atoms with Gasteiger partial charge in [-0.2, -0.15) is 9.81 Å². The Labute approximate surface area is 111 Å². The van der Waals surface area contributed by atoms with E-state index in [2.05, 4.69) is 10.4 Å². The van der Waals surface area contributed by atoms with Gasteiger partial charge in [0, 0.05) is 0 Å². The fraction of sp³-hybridized carbons (Fsp3) is 0.667. The van der Waals surface area contributed by atoms with Gasteiger partial charge in [0.2, 0.25) is 0 Å². The van der Waals surface area contributed by atoms with Gasteiger partial charge in [-0.3, -0.25) is 0 Å². The number of aliphatic hydroxyl groups is 1. The third-order valence-corrected chi connectivity index (χ3v) is 2.54. The van der Waals surface area contributed by atoms with E-state index in [1.807, 2.05) is 0 Å². The normalized spacial score (nSPS) is 10.4. The van der Waals surface area contributed by atoms with Gasteiger partial charge in [0.1, 0.15) is 0 Å². The largest absolute Gasteiger partial charge is 0.395 e. The smallest absolute Gasteiger partial charge is 0.336 e. The van der Waals surface area contributed by atoms with E-state index in [1.165, 1.54) is 0 Å². The molecular weight excluding hydrogens is 274 g/mol. The zero-order valence-electron chi connectivity index (χ0n) is 10.5. The van der Waals surface area contributed by atoms with Crippen LogP contribution >= 0.6 is 0 Å². The Kier molecular flexibility index (Phi) is 5.65. The molecule has 1 aromatic rings. The van der Waals surface area contributed by atoms with Crippen LogP contribution in [0.4, 0.5) is 0 Å². The Hall–Kier alpha value is -2.43. The van der Waals surface area contributed by atoms with Crippen LogP contribution < -0.4 is 17.1 Å². The molecule has 11 nitrogen and oxygen atoms in total. The molecule has 0 saturated carbocycles. The van der Waals surface area contributed by atoms with Crippen LogP contribution in [0.3, 0.4) is 0 Å². The molecule has 0 fully saturated rings. The molecule has 1 N–H and O–H groups in total. The van der Waals surface area contributed by atoms with Gasteiger partial charge in [-0.05, 0) is 0 Å². The first kappa shape index (κ1) is 15.6. The molecule has 0 aliphatic heterocycles. The van der Waals surface area contributed by atoms with Crippen LogP contribution in [-0.4, -0.2) is 38.5 Å². The standard InChI is InChI=1S/C9H13N5O6/c15-6-5-14-8(17)12(3-1-10-19)7(16)13(9(14)18)4-2-11-20/h15H,1-6H2. The third kappa shape index (κ3) is 3.12. The fourth-order valence-electron chi connectivity index (χ4n) is 1.64. The van der Waals surface area contributed by atoms with Crippen molar-refractivity contribution in [2.24, 2.45) is 10.4 Å². The summed E-state index contributed by atoms with van der Waals surface area (Å²) in [7, 11) is 0. The zero-order chi connectivity index (χ0) is 15.1. The number of hydrogen-bond donors (Lipinski definition) is 1. The molecule has 0 bridgehead atoms. The van der Waals surface area contributed by atoms with Crippen LogP contribution in [0.1, 0.15) is 0 Å². The van der Waals surface area contributed by atoms with Gasteiger partial charge in [0.15, 0.2) is 0 Å². The highest BCUT2D eigenvalue weighted by Crippen LogP contribution is 1.80. The minimum atomic E-state index is -0.943.